The second-order valence-electron chi connectivity index (χ2n) is 5.33. The average molecular weight is 383 g/mol. The number of nitrogens with zero attached hydrogens (tertiary/aromatic N) is 3. The lowest BCUT2D eigenvalue weighted by atomic mass is 10.2. The lowest BCUT2D eigenvalue weighted by molar-refractivity contribution is 0.482. The predicted molar refractivity (Wildman–Crippen MR) is 106 cm³/mol. The van der Waals surface area contributed by atoms with Gasteiger partial charge >= 0.3 is 0 Å². The van der Waals surface area contributed by atoms with Crippen LogP contribution in [-0.2, 0) is 0 Å². The van der Waals surface area contributed by atoms with Crippen LogP contribution in [0.15, 0.2) is 79.1 Å². The maximum atomic E-state index is 5.83. The first-order chi connectivity index (χ1) is 12.3. The smallest absolute Gasteiger partial charge is 0.200 e. The first-order valence-electron chi connectivity index (χ1n) is 7.72. The van der Waals surface area contributed by atoms with Gasteiger partial charge in [0.25, 0.3) is 0 Å². The summed E-state index contributed by atoms with van der Waals surface area (Å²) >= 11 is 5.39. The third kappa shape index (κ3) is 3.66. The summed E-state index contributed by atoms with van der Waals surface area (Å²) in [7, 11) is 0. The number of hydrogen-bond donors (Lipinski definition) is 1. The molecule has 4 aromatic rings. The molecule has 0 aliphatic heterocycles. The molecule has 2 aromatic heterocycles. The van der Waals surface area contributed by atoms with Crippen LogP contribution in [0.25, 0.3) is 17.1 Å². The van der Waals surface area contributed by atoms with Crippen molar-refractivity contribution in [3.05, 3.63) is 83.9 Å². The van der Waals surface area contributed by atoms with E-state index >= 15 is 0 Å². The lowest BCUT2D eigenvalue weighted by Gasteiger charge is -2.09. The van der Waals surface area contributed by atoms with E-state index in [0.717, 1.165) is 28.6 Å². The van der Waals surface area contributed by atoms with E-state index in [2.05, 4.69) is 15.2 Å². The first-order valence-corrected chi connectivity index (χ1v) is 8.13. The van der Waals surface area contributed by atoms with Crippen LogP contribution in [0.1, 0.15) is 0 Å². The van der Waals surface area contributed by atoms with Crippen molar-refractivity contribution in [2.45, 2.75) is 0 Å². The maximum Gasteiger partial charge on any atom is 0.200 e. The van der Waals surface area contributed by atoms with Crippen molar-refractivity contribution in [2.24, 2.45) is 0 Å². The summed E-state index contributed by atoms with van der Waals surface area (Å²) in [5, 5.41) is 7.19. The zero-order valence-corrected chi connectivity index (χ0v) is 15.2. The van der Waals surface area contributed by atoms with Crippen molar-refractivity contribution >= 4 is 24.6 Å². The Morgan fingerprint density at radius 1 is 0.846 bits per heavy atom. The number of H-pyrrole nitrogens is 1. The number of rotatable bonds is 4. The highest BCUT2D eigenvalue weighted by Crippen LogP contribution is 2.25. The largest absolute Gasteiger partial charge is 0.457 e. The number of para-hydroxylation sites is 1. The van der Waals surface area contributed by atoms with E-state index in [0.29, 0.717) is 4.77 Å². The van der Waals surface area contributed by atoms with E-state index in [4.69, 9.17) is 17.0 Å². The zero-order chi connectivity index (χ0) is 17.1. The van der Waals surface area contributed by atoms with E-state index in [1.165, 1.54) is 0 Å². The van der Waals surface area contributed by atoms with Gasteiger partial charge in [-0.25, -0.2) is 0 Å². The number of aromatic nitrogens is 4. The Bertz CT molecular complexity index is 1030. The molecule has 7 heteroatoms. The zero-order valence-electron chi connectivity index (χ0n) is 13.6. The van der Waals surface area contributed by atoms with Gasteiger partial charge in [-0.2, -0.15) is 5.10 Å². The average Bonchev–Trinajstić information content (AvgIpc) is 3.05. The summed E-state index contributed by atoms with van der Waals surface area (Å²) < 4.78 is 8.25. The summed E-state index contributed by atoms with van der Waals surface area (Å²) in [5.74, 6) is 2.30. The Labute approximate surface area is 161 Å². The summed E-state index contributed by atoms with van der Waals surface area (Å²) in [4.78, 5) is 4.04. The quantitative estimate of drug-likeness (QED) is 0.492. The van der Waals surface area contributed by atoms with Crippen molar-refractivity contribution < 1.29 is 4.74 Å². The number of nitrogens with one attached hydrogen (secondary N) is 1. The summed E-state index contributed by atoms with van der Waals surface area (Å²) in [6.07, 6.45) is 3.46. The van der Waals surface area contributed by atoms with Gasteiger partial charge in [0.1, 0.15) is 11.5 Å². The predicted octanol–water partition coefficient (Wildman–Crippen LogP) is 5.21. The molecule has 1 N–H and O–H groups in total. The summed E-state index contributed by atoms with van der Waals surface area (Å²) in [5.41, 5.74) is 1.85. The molecule has 0 aliphatic carbocycles. The monoisotopic (exact) mass is 382 g/mol. The SMILES string of the molecule is Cl.S=c1[nH]nc(-c2ccncc2)n1-c1ccc(Oc2ccccc2)cc1. The highest BCUT2D eigenvalue weighted by Gasteiger charge is 2.10. The van der Waals surface area contributed by atoms with Gasteiger partial charge in [-0.3, -0.25) is 14.6 Å². The Morgan fingerprint density at radius 2 is 1.50 bits per heavy atom. The van der Waals surface area contributed by atoms with E-state index in [-0.39, 0.29) is 12.4 Å². The molecule has 4 rings (SSSR count). The molecular weight excluding hydrogens is 368 g/mol. The second-order valence-corrected chi connectivity index (χ2v) is 5.72. The minimum atomic E-state index is 0. The van der Waals surface area contributed by atoms with Gasteiger partial charge in [0.05, 0.1) is 5.69 Å². The first kappa shape index (κ1) is 17.8. The second kappa shape index (κ2) is 7.95. The third-order valence-corrected chi connectivity index (χ3v) is 3.96. The number of pyridine rings is 1. The molecule has 130 valence electrons. The molecule has 26 heavy (non-hydrogen) atoms. The number of hydrogen-bond acceptors (Lipinski definition) is 4. The van der Waals surface area contributed by atoms with Crippen molar-refractivity contribution in [1.82, 2.24) is 19.7 Å². The molecule has 0 spiro atoms. The number of aromatic amines is 1. The van der Waals surface area contributed by atoms with Crippen LogP contribution in [0, 0.1) is 4.77 Å². The highest BCUT2D eigenvalue weighted by molar-refractivity contribution is 7.71. The molecule has 0 atom stereocenters. The minimum Gasteiger partial charge on any atom is -0.457 e. The van der Waals surface area contributed by atoms with Crippen molar-refractivity contribution in [2.75, 3.05) is 0 Å². The Morgan fingerprint density at radius 3 is 2.19 bits per heavy atom. The summed E-state index contributed by atoms with van der Waals surface area (Å²) in [6, 6.07) is 21.2. The summed E-state index contributed by atoms with van der Waals surface area (Å²) in [6.45, 7) is 0. The van der Waals surface area contributed by atoms with Crippen LogP contribution in [0.5, 0.6) is 11.5 Å². The molecule has 0 saturated carbocycles. The van der Waals surface area contributed by atoms with Crippen LogP contribution in [0.2, 0.25) is 0 Å². The fourth-order valence-electron chi connectivity index (χ4n) is 2.52. The van der Waals surface area contributed by atoms with Gasteiger partial charge in [0, 0.05) is 18.0 Å². The maximum absolute atomic E-state index is 5.83. The molecule has 2 aromatic carbocycles. The van der Waals surface area contributed by atoms with Crippen LogP contribution >= 0.6 is 24.6 Å². The number of halogens is 1. The number of benzene rings is 2. The van der Waals surface area contributed by atoms with Gasteiger partial charge < -0.3 is 4.74 Å². The molecule has 0 aliphatic rings. The van der Waals surface area contributed by atoms with Crippen LogP contribution in [-0.4, -0.2) is 19.7 Å². The van der Waals surface area contributed by atoms with Crippen LogP contribution in [0.4, 0.5) is 0 Å². The van der Waals surface area contributed by atoms with Gasteiger partial charge in [-0.1, -0.05) is 18.2 Å². The third-order valence-electron chi connectivity index (χ3n) is 3.68. The minimum absolute atomic E-state index is 0. The molecule has 0 bridgehead atoms. The fourth-order valence-corrected chi connectivity index (χ4v) is 2.76. The highest BCUT2D eigenvalue weighted by atomic mass is 35.5. The fraction of sp³-hybridized carbons (Fsp3) is 0. The Hall–Kier alpha value is -2.96. The van der Waals surface area contributed by atoms with Crippen LogP contribution < -0.4 is 4.74 Å². The topological polar surface area (TPSA) is 55.7 Å². The standard InChI is InChI=1S/C19H14N4OS.ClH/c25-19-22-21-18(14-10-12-20-13-11-14)23(19)15-6-8-17(9-7-15)24-16-4-2-1-3-5-16;/h1-13H,(H,22,25);1H. The van der Waals surface area contributed by atoms with Gasteiger partial charge in [-0.05, 0) is 60.7 Å². The van der Waals surface area contributed by atoms with Gasteiger partial charge in [-0.15, -0.1) is 12.4 Å². The molecule has 5 nitrogen and oxygen atoms in total. The molecule has 2 heterocycles. The number of ether oxygens (including phenoxy) is 1. The molecule has 0 fully saturated rings. The molecule has 0 unspecified atom stereocenters. The Balaban J connectivity index is 0.00000196. The molecular formula is C19H15ClN4OS. The van der Waals surface area contributed by atoms with E-state index < -0.39 is 0 Å². The van der Waals surface area contributed by atoms with Crippen molar-refractivity contribution in [3.63, 3.8) is 0 Å². The van der Waals surface area contributed by atoms with Crippen LogP contribution in [0.3, 0.4) is 0 Å². The van der Waals surface area contributed by atoms with Gasteiger partial charge in [0.2, 0.25) is 0 Å². The van der Waals surface area contributed by atoms with Crippen molar-refractivity contribution in [3.8, 4) is 28.6 Å². The van der Waals surface area contributed by atoms with E-state index in [1.807, 2.05) is 71.3 Å². The normalized spacial score (nSPS) is 10.2. The van der Waals surface area contributed by atoms with E-state index in [9.17, 15) is 0 Å². The van der Waals surface area contributed by atoms with E-state index in [1.54, 1.807) is 12.4 Å². The molecule has 0 saturated heterocycles. The Kier molecular flexibility index (Phi) is 5.46. The van der Waals surface area contributed by atoms with Gasteiger partial charge in [0.15, 0.2) is 10.6 Å². The van der Waals surface area contributed by atoms with Crippen molar-refractivity contribution in [1.29, 1.82) is 0 Å². The lowest BCUT2D eigenvalue weighted by Crippen LogP contribution is -1.98. The molecule has 0 amide bonds. The molecule has 0 radical (unpaired) electrons.